The zero-order chi connectivity index (χ0) is 12.1. The lowest BCUT2D eigenvalue weighted by atomic mass is 10.4. The van der Waals surface area contributed by atoms with Gasteiger partial charge in [-0.3, -0.25) is 4.21 Å². The van der Waals surface area contributed by atoms with Gasteiger partial charge in [-0.05, 0) is 6.92 Å². The van der Waals surface area contributed by atoms with Crippen LogP contribution in [0, 0.1) is 0 Å². The number of rotatable bonds is 5. The van der Waals surface area contributed by atoms with Gasteiger partial charge in [0.05, 0.1) is 13.3 Å². The van der Waals surface area contributed by atoms with Crippen molar-refractivity contribution in [2.24, 2.45) is 0 Å². The monoisotopic (exact) mass is 262 g/mol. The molecule has 0 amide bonds. The third kappa shape index (κ3) is 3.90. The van der Waals surface area contributed by atoms with Crippen LogP contribution in [-0.4, -0.2) is 40.3 Å². The van der Waals surface area contributed by atoms with Crippen molar-refractivity contribution in [2.75, 3.05) is 24.4 Å². The molecule has 0 aromatic carbocycles. The fourth-order valence-corrected chi connectivity index (χ4v) is 2.77. The van der Waals surface area contributed by atoms with Crippen LogP contribution in [0.2, 0.25) is 0 Å². The molecule has 0 saturated heterocycles. The lowest BCUT2D eigenvalue weighted by molar-refractivity contribution is 0.0606. The Labute approximate surface area is 101 Å². The molecule has 1 aromatic heterocycles. The van der Waals surface area contributed by atoms with Crippen LogP contribution in [0.5, 0.6) is 0 Å². The highest BCUT2D eigenvalue weighted by molar-refractivity contribution is 7.84. The van der Waals surface area contributed by atoms with Gasteiger partial charge in [0.25, 0.3) is 0 Å². The Morgan fingerprint density at radius 2 is 2.44 bits per heavy atom. The van der Waals surface area contributed by atoms with Gasteiger partial charge in [0.1, 0.15) is 4.88 Å². The second-order valence-electron chi connectivity index (χ2n) is 3.31. The Morgan fingerprint density at radius 1 is 1.75 bits per heavy atom. The zero-order valence-corrected chi connectivity index (χ0v) is 11.0. The first-order valence-corrected chi connectivity index (χ1v) is 7.18. The van der Waals surface area contributed by atoms with Crippen molar-refractivity contribution in [1.82, 2.24) is 4.98 Å². The summed E-state index contributed by atoms with van der Waals surface area (Å²) in [5, 5.41) is 3.72. The quantitative estimate of drug-likeness (QED) is 0.805. The number of nitrogens with one attached hydrogen (secondary N) is 1. The molecular formula is C9H14N2O3S2. The number of hydrogen-bond acceptors (Lipinski definition) is 6. The van der Waals surface area contributed by atoms with E-state index in [2.05, 4.69) is 15.0 Å². The lowest BCUT2D eigenvalue weighted by Gasteiger charge is -2.10. The summed E-state index contributed by atoms with van der Waals surface area (Å²) in [5.41, 5.74) is 0. The molecule has 0 spiro atoms. The highest BCUT2D eigenvalue weighted by Crippen LogP contribution is 2.19. The Kier molecular flexibility index (Phi) is 4.88. The molecular weight excluding hydrogens is 248 g/mol. The van der Waals surface area contributed by atoms with Crippen molar-refractivity contribution in [2.45, 2.75) is 13.0 Å². The standard InChI is InChI=1S/C9H14N2O3S2/c1-6(5-16(3)13)11-9-10-4-7(15-9)8(12)14-2/h4,6H,5H2,1-3H3,(H,10,11). The Balaban J connectivity index is 2.58. The van der Waals surface area contributed by atoms with Gasteiger partial charge in [-0.25, -0.2) is 9.78 Å². The van der Waals surface area contributed by atoms with E-state index in [0.717, 1.165) is 0 Å². The second-order valence-corrected chi connectivity index (χ2v) is 5.82. The van der Waals surface area contributed by atoms with E-state index in [4.69, 9.17) is 0 Å². The molecule has 1 N–H and O–H groups in total. The first-order valence-electron chi connectivity index (χ1n) is 4.63. The molecule has 0 aliphatic rings. The van der Waals surface area contributed by atoms with Gasteiger partial charge in [0.15, 0.2) is 5.13 Å². The Morgan fingerprint density at radius 3 is 3.00 bits per heavy atom. The highest BCUT2D eigenvalue weighted by Gasteiger charge is 2.12. The summed E-state index contributed by atoms with van der Waals surface area (Å²) < 4.78 is 15.6. The molecule has 1 heterocycles. The molecule has 0 bridgehead atoms. The maximum Gasteiger partial charge on any atom is 0.349 e. The topological polar surface area (TPSA) is 68.3 Å². The van der Waals surface area contributed by atoms with Crippen LogP contribution in [0.15, 0.2) is 6.20 Å². The summed E-state index contributed by atoms with van der Waals surface area (Å²) in [5.74, 6) is 0.157. The molecule has 2 atom stereocenters. The smallest absolute Gasteiger partial charge is 0.349 e. The summed E-state index contributed by atoms with van der Waals surface area (Å²) in [6.07, 6.45) is 3.12. The molecule has 2 unspecified atom stereocenters. The largest absolute Gasteiger partial charge is 0.465 e. The van der Waals surface area contributed by atoms with Crippen molar-refractivity contribution in [3.05, 3.63) is 11.1 Å². The second kappa shape index (κ2) is 5.95. The van der Waals surface area contributed by atoms with Crippen LogP contribution in [0.4, 0.5) is 5.13 Å². The van der Waals surface area contributed by atoms with E-state index in [1.165, 1.54) is 24.6 Å². The highest BCUT2D eigenvalue weighted by atomic mass is 32.2. The molecule has 16 heavy (non-hydrogen) atoms. The molecule has 0 aliphatic carbocycles. The number of anilines is 1. The first kappa shape index (κ1) is 13.1. The van der Waals surface area contributed by atoms with Crippen LogP contribution in [0.1, 0.15) is 16.6 Å². The van der Waals surface area contributed by atoms with E-state index in [-0.39, 0.29) is 6.04 Å². The van der Waals surface area contributed by atoms with Crippen molar-refractivity contribution in [1.29, 1.82) is 0 Å². The van der Waals surface area contributed by atoms with Gasteiger partial charge in [0.2, 0.25) is 0 Å². The Hall–Kier alpha value is -0.950. The average Bonchev–Trinajstić information content (AvgIpc) is 2.63. The van der Waals surface area contributed by atoms with Gasteiger partial charge >= 0.3 is 5.97 Å². The first-order chi connectivity index (χ1) is 7.52. The summed E-state index contributed by atoms with van der Waals surface area (Å²) >= 11 is 1.23. The van der Waals surface area contributed by atoms with Gasteiger partial charge in [0, 0.05) is 28.9 Å². The lowest BCUT2D eigenvalue weighted by Crippen LogP contribution is -2.21. The summed E-state index contributed by atoms with van der Waals surface area (Å²) in [7, 11) is 0.481. The molecule has 0 saturated carbocycles. The normalized spacial score (nSPS) is 14.2. The predicted octanol–water partition coefficient (Wildman–Crippen LogP) is 1.11. The van der Waals surface area contributed by atoms with Crippen LogP contribution in [0.3, 0.4) is 0 Å². The SMILES string of the molecule is COC(=O)c1cnc(NC(C)CS(C)=O)s1. The van der Waals surface area contributed by atoms with E-state index < -0.39 is 16.8 Å². The number of carbonyl (C=O) groups is 1. The van der Waals surface area contributed by atoms with E-state index >= 15 is 0 Å². The minimum atomic E-state index is -0.850. The number of methoxy groups -OCH3 is 1. The molecule has 7 heteroatoms. The molecule has 0 aliphatic heterocycles. The Bertz CT molecular complexity index is 392. The summed E-state index contributed by atoms with van der Waals surface area (Å²) in [4.78, 5) is 15.7. The maximum absolute atomic E-state index is 11.2. The van der Waals surface area contributed by atoms with Gasteiger partial charge < -0.3 is 10.1 Å². The van der Waals surface area contributed by atoms with E-state index in [1.807, 2.05) is 6.92 Å². The molecule has 1 aromatic rings. The fraction of sp³-hybridized carbons (Fsp3) is 0.556. The van der Waals surface area contributed by atoms with Gasteiger partial charge in [-0.15, -0.1) is 0 Å². The maximum atomic E-state index is 11.2. The van der Waals surface area contributed by atoms with Gasteiger partial charge in [-0.1, -0.05) is 11.3 Å². The molecule has 5 nitrogen and oxygen atoms in total. The minimum absolute atomic E-state index is 0.0579. The number of aromatic nitrogens is 1. The van der Waals surface area contributed by atoms with Crippen LogP contribution < -0.4 is 5.32 Å². The van der Waals surface area contributed by atoms with E-state index in [9.17, 15) is 9.00 Å². The number of hydrogen-bond donors (Lipinski definition) is 1. The predicted molar refractivity (Wildman–Crippen MR) is 65.5 cm³/mol. The van der Waals surface area contributed by atoms with Crippen molar-refractivity contribution < 1.29 is 13.7 Å². The van der Waals surface area contributed by atoms with Crippen molar-refractivity contribution in [3.8, 4) is 0 Å². The number of esters is 1. The van der Waals surface area contributed by atoms with Gasteiger partial charge in [-0.2, -0.15) is 0 Å². The fourth-order valence-electron chi connectivity index (χ4n) is 1.14. The minimum Gasteiger partial charge on any atom is -0.465 e. The van der Waals surface area contributed by atoms with Crippen molar-refractivity contribution >= 4 is 33.2 Å². The van der Waals surface area contributed by atoms with E-state index in [0.29, 0.717) is 15.8 Å². The number of ether oxygens (including phenoxy) is 1. The number of carbonyl (C=O) groups excluding carboxylic acids is 1. The zero-order valence-electron chi connectivity index (χ0n) is 9.35. The van der Waals surface area contributed by atoms with Crippen LogP contribution >= 0.6 is 11.3 Å². The van der Waals surface area contributed by atoms with Crippen LogP contribution in [-0.2, 0) is 15.5 Å². The number of thiazole rings is 1. The molecule has 90 valence electrons. The average molecular weight is 262 g/mol. The third-order valence-electron chi connectivity index (χ3n) is 1.75. The summed E-state index contributed by atoms with van der Waals surface area (Å²) in [6.45, 7) is 1.92. The number of nitrogens with zero attached hydrogens (tertiary/aromatic N) is 1. The third-order valence-corrected chi connectivity index (χ3v) is 3.62. The van der Waals surface area contributed by atoms with Crippen molar-refractivity contribution in [3.63, 3.8) is 0 Å². The molecule has 0 fully saturated rings. The molecule has 0 radical (unpaired) electrons. The van der Waals surface area contributed by atoms with Crippen LogP contribution in [0.25, 0.3) is 0 Å². The summed E-state index contributed by atoms with van der Waals surface area (Å²) in [6, 6.07) is 0.0579. The molecule has 1 rings (SSSR count). The van der Waals surface area contributed by atoms with E-state index in [1.54, 1.807) is 6.26 Å².